The van der Waals surface area contributed by atoms with Gasteiger partial charge in [-0.25, -0.2) is 4.99 Å². The van der Waals surface area contributed by atoms with E-state index >= 15 is 0 Å². The number of nitrogens with one attached hydrogen (secondary N) is 2. The normalized spacial score (nSPS) is 11.0. The summed E-state index contributed by atoms with van der Waals surface area (Å²) in [6.07, 6.45) is 5.10. The van der Waals surface area contributed by atoms with E-state index in [4.69, 9.17) is 9.47 Å². The minimum atomic E-state index is 0. The van der Waals surface area contributed by atoms with Crippen LogP contribution in [0.3, 0.4) is 0 Å². The van der Waals surface area contributed by atoms with Crippen LogP contribution in [0.4, 0.5) is 0 Å². The van der Waals surface area contributed by atoms with Crippen LogP contribution in [0.2, 0.25) is 0 Å². The lowest BCUT2D eigenvalue weighted by molar-refractivity contribution is 0.129. The van der Waals surface area contributed by atoms with Crippen molar-refractivity contribution in [1.29, 1.82) is 0 Å². The molecule has 0 atom stereocenters. The van der Waals surface area contributed by atoms with Crippen molar-refractivity contribution in [2.45, 2.75) is 53.5 Å². The molecular formula is C19H35IN4O2. The highest BCUT2D eigenvalue weighted by atomic mass is 127. The van der Waals surface area contributed by atoms with Gasteiger partial charge in [-0.3, -0.25) is 4.98 Å². The maximum Gasteiger partial charge on any atom is 0.191 e. The predicted octanol–water partition coefficient (Wildman–Crippen LogP) is 3.59. The second-order valence-electron chi connectivity index (χ2n) is 5.99. The summed E-state index contributed by atoms with van der Waals surface area (Å²) < 4.78 is 11.0. The van der Waals surface area contributed by atoms with Crippen molar-refractivity contribution in [2.24, 2.45) is 4.99 Å². The molecule has 0 unspecified atom stereocenters. The molecule has 0 saturated carbocycles. The van der Waals surface area contributed by atoms with Crippen molar-refractivity contribution in [3.63, 3.8) is 0 Å². The van der Waals surface area contributed by atoms with Crippen LogP contribution in [0.25, 0.3) is 0 Å². The Kier molecular flexibility index (Phi) is 14.4. The molecule has 1 rings (SSSR count). The number of methoxy groups -OCH3 is 1. The van der Waals surface area contributed by atoms with Gasteiger partial charge < -0.3 is 20.1 Å². The van der Waals surface area contributed by atoms with Crippen LogP contribution in [-0.2, 0) is 11.3 Å². The van der Waals surface area contributed by atoms with Crippen LogP contribution in [0, 0.1) is 13.8 Å². The van der Waals surface area contributed by atoms with Crippen LogP contribution < -0.4 is 15.4 Å². The van der Waals surface area contributed by atoms with E-state index in [-0.39, 0.29) is 24.0 Å². The number of nitrogens with zero attached hydrogens (tertiary/aromatic N) is 2. The molecule has 0 amide bonds. The molecule has 2 N–H and O–H groups in total. The number of ether oxygens (including phenoxy) is 2. The first kappa shape index (κ1) is 24.9. The number of pyridine rings is 1. The number of aromatic nitrogens is 1. The minimum Gasteiger partial charge on any atom is -0.496 e. The van der Waals surface area contributed by atoms with Gasteiger partial charge in [-0.05, 0) is 33.6 Å². The van der Waals surface area contributed by atoms with Crippen LogP contribution in [0.1, 0.15) is 49.9 Å². The fourth-order valence-corrected chi connectivity index (χ4v) is 2.46. The third kappa shape index (κ3) is 9.02. The first-order valence-corrected chi connectivity index (χ1v) is 9.22. The highest BCUT2D eigenvalue weighted by Gasteiger charge is 2.09. The molecule has 0 radical (unpaired) electrons. The molecule has 0 aliphatic heterocycles. The van der Waals surface area contributed by atoms with Crippen molar-refractivity contribution in [3.05, 3.63) is 23.0 Å². The van der Waals surface area contributed by atoms with E-state index < -0.39 is 0 Å². The van der Waals surface area contributed by atoms with E-state index in [0.717, 1.165) is 67.7 Å². The van der Waals surface area contributed by atoms with Gasteiger partial charge in [0.2, 0.25) is 0 Å². The quantitative estimate of drug-likeness (QED) is 0.220. The lowest BCUT2D eigenvalue weighted by Crippen LogP contribution is -2.38. The molecule has 0 aliphatic rings. The Morgan fingerprint density at radius 2 is 1.88 bits per heavy atom. The topological polar surface area (TPSA) is 67.8 Å². The first-order valence-electron chi connectivity index (χ1n) is 9.22. The summed E-state index contributed by atoms with van der Waals surface area (Å²) in [6, 6.07) is 0. The molecule has 7 heteroatoms. The Hall–Kier alpha value is -1.09. The van der Waals surface area contributed by atoms with E-state index in [2.05, 4.69) is 34.5 Å². The van der Waals surface area contributed by atoms with Gasteiger partial charge in [0.25, 0.3) is 0 Å². The van der Waals surface area contributed by atoms with Gasteiger partial charge >= 0.3 is 0 Å². The molecule has 0 aromatic carbocycles. The number of hydrogen-bond acceptors (Lipinski definition) is 4. The van der Waals surface area contributed by atoms with E-state index in [1.54, 1.807) is 7.11 Å². The number of halogens is 1. The van der Waals surface area contributed by atoms with Crippen molar-refractivity contribution >= 4 is 29.9 Å². The molecule has 0 spiro atoms. The number of unbranched alkanes of at least 4 members (excludes halogenated alkanes) is 1. The first-order chi connectivity index (χ1) is 12.1. The van der Waals surface area contributed by atoms with Gasteiger partial charge in [-0.2, -0.15) is 0 Å². The molecule has 0 bridgehead atoms. The summed E-state index contributed by atoms with van der Waals surface area (Å²) in [5.74, 6) is 1.69. The summed E-state index contributed by atoms with van der Waals surface area (Å²) in [5, 5.41) is 6.60. The second kappa shape index (κ2) is 15.0. The standard InChI is InChI=1S/C19H34N4O2.HI/c1-6-8-11-25-12-9-10-21-19(20-7-2)23-14-17-16(4)18(24-5)15(3)13-22-17;/h13H,6-12,14H2,1-5H3,(H2,20,21,23);1H. The van der Waals surface area contributed by atoms with Crippen LogP contribution in [-0.4, -0.2) is 44.4 Å². The zero-order valence-corrected chi connectivity index (χ0v) is 19.2. The highest BCUT2D eigenvalue weighted by Crippen LogP contribution is 2.24. The number of rotatable bonds is 11. The molecule has 150 valence electrons. The summed E-state index contributed by atoms with van der Waals surface area (Å²) in [5.41, 5.74) is 3.02. The molecule has 6 nitrogen and oxygen atoms in total. The Bertz CT molecular complexity index is 539. The summed E-state index contributed by atoms with van der Waals surface area (Å²) in [6.45, 7) is 12.1. The number of aliphatic imine (C=N–C) groups is 1. The Morgan fingerprint density at radius 1 is 1.15 bits per heavy atom. The minimum absolute atomic E-state index is 0. The molecule has 0 saturated heterocycles. The van der Waals surface area contributed by atoms with Gasteiger partial charge in [-0.1, -0.05) is 13.3 Å². The lowest BCUT2D eigenvalue weighted by Gasteiger charge is -2.13. The lowest BCUT2D eigenvalue weighted by atomic mass is 10.1. The van der Waals surface area contributed by atoms with Gasteiger partial charge in [0.1, 0.15) is 5.75 Å². The van der Waals surface area contributed by atoms with Crippen molar-refractivity contribution in [1.82, 2.24) is 15.6 Å². The van der Waals surface area contributed by atoms with Crippen molar-refractivity contribution < 1.29 is 9.47 Å². The Labute approximate surface area is 175 Å². The highest BCUT2D eigenvalue weighted by molar-refractivity contribution is 14.0. The molecule has 0 aliphatic carbocycles. The van der Waals surface area contributed by atoms with Crippen LogP contribution >= 0.6 is 24.0 Å². The van der Waals surface area contributed by atoms with E-state index in [9.17, 15) is 0 Å². The van der Waals surface area contributed by atoms with Gasteiger partial charge in [0.15, 0.2) is 5.96 Å². The van der Waals surface area contributed by atoms with E-state index in [0.29, 0.717) is 6.54 Å². The van der Waals surface area contributed by atoms with E-state index in [1.165, 1.54) is 6.42 Å². The van der Waals surface area contributed by atoms with Crippen molar-refractivity contribution in [2.75, 3.05) is 33.4 Å². The molecule has 1 aromatic heterocycles. The molecule has 1 heterocycles. The zero-order valence-electron chi connectivity index (χ0n) is 16.9. The zero-order chi connectivity index (χ0) is 18.5. The molecule has 0 fully saturated rings. The number of hydrogen-bond donors (Lipinski definition) is 2. The van der Waals surface area contributed by atoms with Crippen LogP contribution in [0.15, 0.2) is 11.2 Å². The smallest absolute Gasteiger partial charge is 0.191 e. The third-order valence-corrected chi connectivity index (χ3v) is 3.88. The maximum atomic E-state index is 5.57. The summed E-state index contributed by atoms with van der Waals surface area (Å²) in [4.78, 5) is 9.13. The van der Waals surface area contributed by atoms with Crippen LogP contribution in [0.5, 0.6) is 5.75 Å². The van der Waals surface area contributed by atoms with Gasteiger partial charge in [0, 0.05) is 43.6 Å². The van der Waals surface area contributed by atoms with Crippen molar-refractivity contribution in [3.8, 4) is 5.75 Å². The predicted molar refractivity (Wildman–Crippen MR) is 119 cm³/mol. The van der Waals surface area contributed by atoms with E-state index in [1.807, 2.05) is 20.0 Å². The fourth-order valence-electron chi connectivity index (χ4n) is 2.46. The molecular weight excluding hydrogens is 443 g/mol. The average Bonchev–Trinajstić information content (AvgIpc) is 2.60. The number of guanidine groups is 1. The monoisotopic (exact) mass is 478 g/mol. The number of aryl methyl sites for hydroxylation is 1. The SMILES string of the molecule is CCCCOCCCNC(=NCc1ncc(C)c(OC)c1C)NCC.I. The largest absolute Gasteiger partial charge is 0.496 e. The molecule has 1 aromatic rings. The van der Waals surface area contributed by atoms with Gasteiger partial charge in [0.05, 0.1) is 19.3 Å². The maximum absolute atomic E-state index is 5.57. The fraction of sp³-hybridized carbons (Fsp3) is 0.684. The third-order valence-electron chi connectivity index (χ3n) is 3.88. The molecule has 26 heavy (non-hydrogen) atoms. The van der Waals surface area contributed by atoms with Gasteiger partial charge in [-0.15, -0.1) is 24.0 Å². The second-order valence-corrected chi connectivity index (χ2v) is 5.99. The Morgan fingerprint density at radius 3 is 2.54 bits per heavy atom. The average molecular weight is 478 g/mol. The summed E-state index contributed by atoms with van der Waals surface area (Å²) in [7, 11) is 1.69. The Balaban J connectivity index is 0.00000625. The summed E-state index contributed by atoms with van der Waals surface area (Å²) >= 11 is 0.